The van der Waals surface area contributed by atoms with Crippen LogP contribution in [0.3, 0.4) is 0 Å². The fourth-order valence-corrected chi connectivity index (χ4v) is 5.35. The van der Waals surface area contributed by atoms with Gasteiger partial charge >= 0.3 is 0 Å². The largest absolute Gasteiger partial charge is 0.497 e. The molecule has 0 bridgehead atoms. The maximum absolute atomic E-state index is 13.9. The van der Waals surface area contributed by atoms with Gasteiger partial charge in [-0.3, -0.25) is 13.9 Å². The predicted octanol–water partition coefficient (Wildman–Crippen LogP) is 3.84. The zero-order valence-corrected chi connectivity index (χ0v) is 23.5. The van der Waals surface area contributed by atoms with Crippen LogP contribution in [0.25, 0.3) is 0 Å². The number of hydrogen-bond acceptors (Lipinski definition) is 6. The third-order valence-corrected chi connectivity index (χ3v) is 7.97. The van der Waals surface area contributed by atoms with E-state index in [-0.39, 0.29) is 23.0 Å². The first-order chi connectivity index (χ1) is 18.7. The summed E-state index contributed by atoms with van der Waals surface area (Å²) in [6.45, 7) is 3.61. The van der Waals surface area contributed by atoms with Crippen molar-refractivity contribution >= 4 is 27.5 Å². The molecule has 0 saturated heterocycles. The Hall–Kier alpha value is -4.05. The van der Waals surface area contributed by atoms with E-state index in [2.05, 4.69) is 5.32 Å². The van der Waals surface area contributed by atoms with Gasteiger partial charge in [-0.15, -0.1) is 0 Å². The molecule has 0 heterocycles. The van der Waals surface area contributed by atoms with Crippen LogP contribution in [0.15, 0.2) is 83.8 Å². The van der Waals surface area contributed by atoms with E-state index in [1.165, 1.54) is 24.1 Å². The zero-order chi connectivity index (χ0) is 28.4. The van der Waals surface area contributed by atoms with Gasteiger partial charge in [0.25, 0.3) is 10.0 Å². The van der Waals surface area contributed by atoms with E-state index in [0.29, 0.717) is 18.0 Å². The highest BCUT2D eigenvalue weighted by molar-refractivity contribution is 7.92. The first-order valence-corrected chi connectivity index (χ1v) is 14.1. The Bertz CT molecular complexity index is 1350. The van der Waals surface area contributed by atoms with Crippen LogP contribution < -0.4 is 19.1 Å². The van der Waals surface area contributed by atoms with Crippen molar-refractivity contribution in [3.05, 3.63) is 84.4 Å². The van der Waals surface area contributed by atoms with E-state index in [9.17, 15) is 18.0 Å². The molecule has 3 rings (SSSR count). The normalized spacial score (nSPS) is 11.8. The van der Waals surface area contributed by atoms with Crippen LogP contribution in [0.4, 0.5) is 5.69 Å². The molecule has 1 atom stereocenters. The van der Waals surface area contributed by atoms with Gasteiger partial charge in [-0.05, 0) is 55.3 Å². The number of methoxy groups -OCH3 is 2. The summed E-state index contributed by atoms with van der Waals surface area (Å²) in [6.07, 6.45) is 0.740. The second kappa shape index (κ2) is 13.7. The summed E-state index contributed by atoms with van der Waals surface area (Å²) in [4.78, 5) is 28.2. The zero-order valence-electron chi connectivity index (χ0n) is 22.7. The molecule has 1 N–H and O–H groups in total. The van der Waals surface area contributed by atoms with Gasteiger partial charge in [0.15, 0.2) is 0 Å². The van der Waals surface area contributed by atoms with Crippen LogP contribution in [0.2, 0.25) is 0 Å². The molecule has 0 fully saturated rings. The predicted molar refractivity (Wildman–Crippen MR) is 150 cm³/mol. The summed E-state index contributed by atoms with van der Waals surface area (Å²) in [5, 5.41) is 2.83. The standard InChI is InChI=1S/C29H35N3O6S/c1-5-18-30-29(34)22(2)31(20-23-14-16-25(37-3)17-15-23)28(33)21-32(24-10-9-11-26(19-24)38-4)39(35,36)27-12-7-6-8-13-27/h6-17,19,22H,5,18,20-21H2,1-4H3,(H,30,34). The van der Waals surface area contributed by atoms with Gasteiger partial charge < -0.3 is 19.7 Å². The van der Waals surface area contributed by atoms with Crippen LogP contribution in [0, 0.1) is 0 Å². The van der Waals surface area contributed by atoms with Gasteiger partial charge in [-0.2, -0.15) is 0 Å². The van der Waals surface area contributed by atoms with E-state index >= 15 is 0 Å². The number of nitrogens with zero attached hydrogens (tertiary/aromatic N) is 2. The quantitative estimate of drug-likeness (QED) is 0.345. The van der Waals surface area contributed by atoms with Gasteiger partial charge in [-0.1, -0.05) is 43.3 Å². The van der Waals surface area contributed by atoms with Gasteiger partial charge in [0, 0.05) is 19.2 Å². The lowest BCUT2D eigenvalue weighted by atomic mass is 10.1. The molecular weight excluding hydrogens is 518 g/mol. The van der Waals surface area contributed by atoms with Crippen LogP contribution >= 0.6 is 0 Å². The molecule has 10 heteroatoms. The average molecular weight is 554 g/mol. The second-order valence-electron chi connectivity index (χ2n) is 8.86. The van der Waals surface area contributed by atoms with Crippen LogP contribution in [0.5, 0.6) is 11.5 Å². The number of sulfonamides is 1. The molecule has 9 nitrogen and oxygen atoms in total. The number of nitrogens with one attached hydrogen (secondary N) is 1. The Kier molecular flexibility index (Phi) is 10.3. The van der Waals surface area contributed by atoms with Crippen LogP contribution in [0.1, 0.15) is 25.8 Å². The molecule has 1 unspecified atom stereocenters. The number of ether oxygens (including phenoxy) is 2. The molecule has 0 aliphatic rings. The van der Waals surface area contributed by atoms with Crippen molar-refractivity contribution in [2.24, 2.45) is 0 Å². The maximum Gasteiger partial charge on any atom is 0.264 e. The van der Waals surface area contributed by atoms with E-state index in [0.717, 1.165) is 16.3 Å². The number of hydrogen-bond donors (Lipinski definition) is 1. The van der Waals surface area contributed by atoms with Crippen LogP contribution in [-0.2, 0) is 26.2 Å². The minimum Gasteiger partial charge on any atom is -0.497 e. The molecule has 0 aliphatic carbocycles. The first kappa shape index (κ1) is 29.5. The highest BCUT2D eigenvalue weighted by atomic mass is 32.2. The smallest absolute Gasteiger partial charge is 0.264 e. The van der Waals surface area contributed by atoms with Crippen molar-refractivity contribution in [1.82, 2.24) is 10.2 Å². The summed E-state index contributed by atoms with van der Waals surface area (Å²) in [5.74, 6) is 0.240. The lowest BCUT2D eigenvalue weighted by molar-refractivity contribution is -0.139. The van der Waals surface area contributed by atoms with Gasteiger partial charge in [0.2, 0.25) is 11.8 Å². The third-order valence-electron chi connectivity index (χ3n) is 6.18. The van der Waals surface area contributed by atoms with Crippen molar-refractivity contribution < 1.29 is 27.5 Å². The summed E-state index contributed by atoms with van der Waals surface area (Å²) < 4.78 is 39.1. The lowest BCUT2D eigenvalue weighted by Crippen LogP contribution is -2.51. The number of rotatable bonds is 13. The molecule has 0 aliphatic heterocycles. The van der Waals surface area contributed by atoms with Gasteiger partial charge in [0.1, 0.15) is 24.1 Å². The van der Waals surface area contributed by atoms with Crippen molar-refractivity contribution in [2.45, 2.75) is 37.8 Å². The second-order valence-corrected chi connectivity index (χ2v) is 10.7. The Morgan fingerprint density at radius 2 is 1.56 bits per heavy atom. The number of carbonyl (C=O) groups excluding carboxylic acids is 2. The van der Waals surface area contributed by atoms with Crippen molar-refractivity contribution in [3.63, 3.8) is 0 Å². The summed E-state index contributed by atoms with van der Waals surface area (Å²) in [5.41, 5.74) is 1.03. The summed E-state index contributed by atoms with van der Waals surface area (Å²) in [6, 6.07) is 20.7. The van der Waals surface area contributed by atoms with E-state index < -0.39 is 28.5 Å². The SMILES string of the molecule is CCCNC(=O)C(C)N(Cc1ccc(OC)cc1)C(=O)CN(c1cccc(OC)c1)S(=O)(=O)c1ccccc1. The summed E-state index contributed by atoms with van der Waals surface area (Å²) in [7, 11) is -1.10. The monoisotopic (exact) mass is 553 g/mol. The Balaban J connectivity index is 2.01. The highest BCUT2D eigenvalue weighted by Crippen LogP contribution is 2.27. The van der Waals surface area contributed by atoms with Crippen molar-refractivity contribution in [1.29, 1.82) is 0 Å². The topological polar surface area (TPSA) is 105 Å². The van der Waals surface area contributed by atoms with Gasteiger partial charge in [-0.25, -0.2) is 8.42 Å². The van der Waals surface area contributed by atoms with Gasteiger partial charge in [0.05, 0.1) is 24.8 Å². The van der Waals surface area contributed by atoms with Crippen LogP contribution in [-0.4, -0.2) is 58.5 Å². The average Bonchev–Trinajstić information content (AvgIpc) is 2.97. The number of benzene rings is 3. The summed E-state index contributed by atoms with van der Waals surface area (Å²) >= 11 is 0. The fraction of sp³-hybridized carbons (Fsp3) is 0.310. The molecule has 2 amide bonds. The lowest BCUT2D eigenvalue weighted by Gasteiger charge is -2.32. The molecule has 3 aromatic carbocycles. The number of carbonyl (C=O) groups is 2. The van der Waals surface area contributed by atoms with E-state index in [1.54, 1.807) is 80.8 Å². The molecule has 3 aromatic rings. The number of amides is 2. The number of anilines is 1. The molecular formula is C29H35N3O6S. The molecule has 208 valence electrons. The highest BCUT2D eigenvalue weighted by Gasteiger charge is 2.32. The molecule has 0 spiro atoms. The maximum atomic E-state index is 13.9. The minimum atomic E-state index is -4.14. The molecule has 0 radical (unpaired) electrons. The third kappa shape index (κ3) is 7.51. The minimum absolute atomic E-state index is 0.0380. The Morgan fingerprint density at radius 1 is 0.897 bits per heavy atom. The first-order valence-electron chi connectivity index (χ1n) is 12.6. The Morgan fingerprint density at radius 3 is 2.18 bits per heavy atom. The molecule has 0 saturated carbocycles. The Labute approximate surface area is 230 Å². The van der Waals surface area contributed by atoms with E-state index in [4.69, 9.17) is 9.47 Å². The van der Waals surface area contributed by atoms with Crippen molar-refractivity contribution in [2.75, 3.05) is 31.6 Å². The van der Waals surface area contributed by atoms with Crippen molar-refractivity contribution in [3.8, 4) is 11.5 Å². The molecule has 39 heavy (non-hydrogen) atoms. The molecule has 0 aromatic heterocycles. The fourth-order valence-electron chi connectivity index (χ4n) is 3.92. The van der Waals surface area contributed by atoms with E-state index in [1.807, 2.05) is 6.92 Å².